The van der Waals surface area contributed by atoms with Crippen LogP contribution >= 0.6 is 23.1 Å². The molecule has 4 aromatic rings. The number of nitrogens with one attached hydrogen (secondary N) is 2. The van der Waals surface area contributed by atoms with E-state index in [1.54, 1.807) is 61.7 Å². The zero-order chi connectivity index (χ0) is 33.2. The van der Waals surface area contributed by atoms with Crippen molar-refractivity contribution in [2.75, 3.05) is 38.5 Å². The second-order valence-electron chi connectivity index (χ2n) is 9.36. The Kier molecular flexibility index (Phi) is 11.8. The highest BCUT2D eigenvalue weighted by Gasteiger charge is 2.28. The molecule has 2 heterocycles. The fourth-order valence-electron chi connectivity index (χ4n) is 4.33. The van der Waals surface area contributed by atoms with Gasteiger partial charge < -0.3 is 29.6 Å². The summed E-state index contributed by atoms with van der Waals surface area (Å²) >= 11 is 2.03. The molecule has 0 unspecified atom stereocenters. The molecule has 0 radical (unpaired) electrons. The van der Waals surface area contributed by atoms with Crippen LogP contribution in [0.2, 0.25) is 0 Å². The number of hydrogen-bond acceptors (Lipinski definition) is 12. The molecule has 0 saturated heterocycles. The molecule has 4 rings (SSSR count). The van der Waals surface area contributed by atoms with Crippen LogP contribution in [-0.4, -0.2) is 71.7 Å². The maximum Gasteiger partial charge on any atom is 0.348 e. The number of anilines is 1. The first-order valence-corrected chi connectivity index (χ1v) is 15.9. The second kappa shape index (κ2) is 15.9. The van der Waals surface area contributed by atoms with E-state index in [9.17, 15) is 19.2 Å². The van der Waals surface area contributed by atoms with Crippen LogP contribution in [0.1, 0.15) is 55.6 Å². The highest BCUT2D eigenvalue weighted by Crippen LogP contribution is 2.35. The Labute approximate surface area is 273 Å². The van der Waals surface area contributed by atoms with E-state index in [-0.39, 0.29) is 46.9 Å². The summed E-state index contributed by atoms with van der Waals surface area (Å²) in [6, 6.07) is 13.9. The minimum absolute atomic E-state index is 0.0157. The molecule has 15 heteroatoms. The van der Waals surface area contributed by atoms with Crippen LogP contribution in [0.4, 0.5) is 5.00 Å². The van der Waals surface area contributed by atoms with Crippen molar-refractivity contribution in [2.24, 2.45) is 0 Å². The summed E-state index contributed by atoms with van der Waals surface area (Å²) in [7, 11) is 3.05. The largest absolute Gasteiger partial charge is 0.497 e. The van der Waals surface area contributed by atoms with Gasteiger partial charge in [0.15, 0.2) is 11.0 Å². The first-order valence-electron chi connectivity index (χ1n) is 14.1. The summed E-state index contributed by atoms with van der Waals surface area (Å²) in [5.41, 5.74) is 1.47. The number of carbonyl (C=O) groups is 4. The summed E-state index contributed by atoms with van der Waals surface area (Å²) in [5.74, 6) is -0.728. The van der Waals surface area contributed by atoms with E-state index in [2.05, 4.69) is 20.8 Å². The van der Waals surface area contributed by atoms with Gasteiger partial charge in [0.05, 0.1) is 51.0 Å². The van der Waals surface area contributed by atoms with Crippen LogP contribution in [0.3, 0.4) is 0 Å². The Morgan fingerprint density at radius 2 is 1.67 bits per heavy atom. The monoisotopic (exact) mass is 667 g/mol. The van der Waals surface area contributed by atoms with Crippen molar-refractivity contribution in [3.8, 4) is 17.2 Å². The van der Waals surface area contributed by atoms with Gasteiger partial charge in [-0.25, -0.2) is 9.59 Å². The van der Waals surface area contributed by atoms with E-state index in [4.69, 9.17) is 18.9 Å². The average molecular weight is 668 g/mol. The van der Waals surface area contributed by atoms with Gasteiger partial charge in [-0.3, -0.25) is 14.2 Å². The zero-order valence-electron chi connectivity index (χ0n) is 25.9. The van der Waals surface area contributed by atoms with Crippen molar-refractivity contribution in [3.63, 3.8) is 0 Å². The predicted octanol–water partition coefficient (Wildman–Crippen LogP) is 4.67. The lowest BCUT2D eigenvalue weighted by molar-refractivity contribution is -0.113. The number of thioether (sulfide) groups is 1. The zero-order valence-corrected chi connectivity index (χ0v) is 27.5. The summed E-state index contributed by atoms with van der Waals surface area (Å²) < 4.78 is 22.8. The van der Waals surface area contributed by atoms with Crippen molar-refractivity contribution in [2.45, 2.75) is 32.5 Å². The lowest BCUT2D eigenvalue weighted by Gasteiger charge is -2.14. The van der Waals surface area contributed by atoms with Crippen molar-refractivity contribution in [1.29, 1.82) is 0 Å². The molecule has 0 spiro atoms. The number of methoxy groups -OCH3 is 2. The summed E-state index contributed by atoms with van der Waals surface area (Å²) in [4.78, 5) is 51.5. The molecule has 2 aromatic carbocycles. The lowest BCUT2D eigenvalue weighted by Crippen LogP contribution is -2.24. The predicted molar refractivity (Wildman–Crippen MR) is 172 cm³/mol. The van der Waals surface area contributed by atoms with Gasteiger partial charge in [-0.05, 0) is 56.7 Å². The molecule has 242 valence electrons. The number of carbonyl (C=O) groups excluding carboxylic acids is 4. The number of aromatic nitrogens is 3. The van der Waals surface area contributed by atoms with E-state index in [1.165, 1.54) is 14.2 Å². The topological polar surface area (TPSA) is 160 Å². The first-order chi connectivity index (χ1) is 22.2. The molecule has 0 atom stereocenters. The molecule has 0 aliphatic heterocycles. The minimum atomic E-state index is -0.661. The Balaban J connectivity index is 1.57. The molecule has 46 heavy (non-hydrogen) atoms. The fourth-order valence-corrected chi connectivity index (χ4v) is 6.19. The molecule has 2 aromatic heterocycles. The molecule has 13 nitrogen and oxygen atoms in total. The van der Waals surface area contributed by atoms with Gasteiger partial charge in [0, 0.05) is 5.56 Å². The first kappa shape index (κ1) is 34.0. The quantitative estimate of drug-likeness (QED) is 0.142. The number of esters is 2. The molecular formula is C31H33N5O8S2. The SMILES string of the molecule is CCOC(=O)c1sc(NC(=O)CSc2nnc(CNC(=O)c3cccc(OC)c3)n2-c2ccccc2OC)c(C(=O)OCC)c1C. The normalized spacial score (nSPS) is 10.6. The van der Waals surface area contributed by atoms with Gasteiger partial charge in [-0.15, -0.1) is 21.5 Å². The van der Waals surface area contributed by atoms with Crippen molar-refractivity contribution in [1.82, 2.24) is 20.1 Å². The van der Waals surface area contributed by atoms with Crippen molar-refractivity contribution in [3.05, 3.63) is 75.9 Å². The third-order valence-corrected chi connectivity index (χ3v) is 8.55. The van der Waals surface area contributed by atoms with Gasteiger partial charge in [0.1, 0.15) is 21.4 Å². The Bertz CT molecular complexity index is 1740. The van der Waals surface area contributed by atoms with E-state index >= 15 is 0 Å². The number of amides is 2. The standard InChI is InChI=1S/C31H33N5O8S2/c1-6-43-29(39)25-18(3)26(30(40)44-7-2)46-28(25)33-24(37)17-45-31-35-34-23(36(31)21-13-8-9-14-22(21)42-5)16-32-27(38)19-11-10-12-20(15-19)41-4/h8-15H,6-7,16-17H2,1-5H3,(H,32,38)(H,33,37). The number of rotatable bonds is 14. The van der Waals surface area contributed by atoms with Crippen molar-refractivity contribution >= 4 is 51.9 Å². The Morgan fingerprint density at radius 3 is 2.39 bits per heavy atom. The molecule has 0 aliphatic carbocycles. The van der Waals surface area contributed by atoms with Crippen LogP contribution in [0.15, 0.2) is 53.7 Å². The number of hydrogen-bond donors (Lipinski definition) is 2. The van der Waals surface area contributed by atoms with Gasteiger partial charge >= 0.3 is 11.9 Å². The minimum Gasteiger partial charge on any atom is -0.497 e. The van der Waals surface area contributed by atoms with Crippen LogP contribution in [0.5, 0.6) is 11.5 Å². The Hall–Kier alpha value is -4.89. The van der Waals surface area contributed by atoms with Gasteiger partial charge in [0.25, 0.3) is 5.91 Å². The number of para-hydroxylation sites is 2. The molecule has 2 N–H and O–H groups in total. The molecule has 0 saturated carbocycles. The van der Waals surface area contributed by atoms with E-state index in [1.807, 2.05) is 12.1 Å². The lowest BCUT2D eigenvalue weighted by atomic mass is 10.1. The van der Waals surface area contributed by atoms with Gasteiger partial charge in [-0.2, -0.15) is 0 Å². The fraction of sp³-hybridized carbons (Fsp3) is 0.290. The number of ether oxygens (including phenoxy) is 4. The second-order valence-corrected chi connectivity index (χ2v) is 11.3. The number of thiophene rings is 1. The molecule has 0 fully saturated rings. The highest BCUT2D eigenvalue weighted by atomic mass is 32.2. The summed E-state index contributed by atoms with van der Waals surface area (Å²) in [6.07, 6.45) is 0. The number of nitrogens with zero attached hydrogens (tertiary/aromatic N) is 3. The van der Waals surface area contributed by atoms with Crippen LogP contribution in [0, 0.1) is 6.92 Å². The van der Waals surface area contributed by atoms with Gasteiger partial charge in [0.2, 0.25) is 5.91 Å². The smallest absolute Gasteiger partial charge is 0.348 e. The number of benzene rings is 2. The van der Waals surface area contributed by atoms with E-state index in [0.717, 1.165) is 23.1 Å². The Morgan fingerprint density at radius 1 is 0.935 bits per heavy atom. The van der Waals surface area contributed by atoms with Crippen molar-refractivity contribution < 1.29 is 38.1 Å². The van der Waals surface area contributed by atoms with E-state index < -0.39 is 17.8 Å². The maximum absolute atomic E-state index is 13.2. The van der Waals surface area contributed by atoms with Crippen LogP contribution in [0.25, 0.3) is 5.69 Å². The molecule has 0 bridgehead atoms. The summed E-state index contributed by atoms with van der Waals surface area (Å²) in [6.45, 7) is 5.23. The van der Waals surface area contributed by atoms with Gasteiger partial charge in [-0.1, -0.05) is 30.0 Å². The average Bonchev–Trinajstić information content (AvgIpc) is 3.62. The molecule has 0 aliphatic rings. The third kappa shape index (κ3) is 7.84. The molecular weight excluding hydrogens is 635 g/mol. The van der Waals surface area contributed by atoms with Crippen LogP contribution < -0.4 is 20.1 Å². The van der Waals surface area contributed by atoms with Crippen LogP contribution in [-0.2, 0) is 20.8 Å². The highest BCUT2D eigenvalue weighted by molar-refractivity contribution is 7.99. The molecule has 2 amide bonds. The summed E-state index contributed by atoms with van der Waals surface area (Å²) in [5, 5.41) is 14.7. The third-order valence-electron chi connectivity index (χ3n) is 6.44. The maximum atomic E-state index is 13.2. The van der Waals surface area contributed by atoms with E-state index in [0.29, 0.717) is 39.3 Å².